The molecule has 1 spiro atoms. The molecule has 0 unspecified atom stereocenters. The zero-order valence-corrected chi connectivity index (χ0v) is 19.4. The van der Waals surface area contributed by atoms with Gasteiger partial charge in [-0.25, -0.2) is 9.97 Å². The Balaban J connectivity index is 1.41. The summed E-state index contributed by atoms with van der Waals surface area (Å²) >= 11 is 1.77. The first-order valence-corrected chi connectivity index (χ1v) is 12.0. The van der Waals surface area contributed by atoms with Gasteiger partial charge in [0.1, 0.15) is 5.69 Å². The van der Waals surface area contributed by atoms with E-state index in [0.717, 1.165) is 32.5 Å². The fourth-order valence-corrected chi connectivity index (χ4v) is 6.01. The average molecular weight is 449 g/mol. The highest BCUT2D eigenvalue weighted by Crippen LogP contribution is 2.44. The van der Waals surface area contributed by atoms with E-state index in [4.69, 9.17) is 4.98 Å². The summed E-state index contributed by atoms with van der Waals surface area (Å²) in [5.74, 6) is 0.345. The molecule has 5 heterocycles. The fraction of sp³-hybridized carbons (Fsp3) is 0.458. The van der Waals surface area contributed by atoms with E-state index in [-0.39, 0.29) is 11.3 Å². The van der Waals surface area contributed by atoms with Crippen molar-refractivity contribution in [1.29, 1.82) is 0 Å². The number of nitrogens with zero attached hydrogens (tertiary/aromatic N) is 6. The first-order chi connectivity index (χ1) is 15.5. The molecule has 0 bridgehead atoms. The van der Waals surface area contributed by atoms with E-state index in [1.165, 1.54) is 21.1 Å². The minimum Gasteiger partial charge on any atom is -0.331 e. The zero-order chi connectivity index (χ0) is 22.1. The van der Waals surface area contributed by atoms with E-state index in [1.807, 2.05) is 23.4 Å². The molecule has 166 valence electrons. The predicted octanol–water partition coefficient (Wildman–Crippen LogP) is 3.64. The first kappa shape index (κ1) is 21.2. The molecule has 3 aromatic heterocycles. The number of fused-ring (bicyclic) bond motifs is 2. The Hall–Kier alpha value is -2.71. The lowest BCUT2D eigenvalue weighted by atomic mass is 9.73. The Labute approximate surface area is 192 Å². The van der Waals surface area contributed by atoms with Crippen LogP contribution in [0.15, 0.2) is 43.1 Å². The third-order valence-electron chi connectivity index (χ3n) is 6.55. The summed E-state index contributed by atoms with van der Waals surface area (Å²) in [5, 5.41) is 1.17. The molecule has 8 heteroatoms. The second kappa shape index (κ2) is 8.67. The van der Waals surface area contributed by atoms with Gasteiger partial charge in [0, 0.05) is 54.1 Å². The number of likely N-dealkylation sites (tertiary alicyclic amines) is 1. The summed E-state index contributed by atoms with van der Waals surface area (Å²) in [4.78, 5) is 36.7. The molecule has 2 aliphatic rings. The maximum absolute atomic E-state index is 13.3. The van der Waals surface area contributed by atoms with Crippen LogP contribution in [0.3, 0.4) is 0 Å². The number of amides is 1. The number of carbonyl (C=O) groups is 1. The molecule has 0 N–H and O–H groups in total. The van der Waals surface area contributed by atoms with Gasteiger partial charge < -0.3 is 4.90 Å². The molecule has 7 nitrogen and oxygen atoms in total. The van der Waals surface area contributed by atoms with Gasteiger partial charge in [-0.15, -0.1) is 11.3 Å². The molecule has 0 atom stereocenters. The molecule has 2 aliphatic heterocycles. The van der Waals surface area contributed by atoms with Crippen molar-refractivity contribution in [2.45, 2.75) is 51.1 Å². The van der Waals surface area contributed by atoms with E-state index < -0.39 is 0 Å². The predicted molar refractivity (Wildman–Crippen MR) is 123 cm³/mol. The topological polar surface area (TPSA) is 75.1 Å². The molecule has 1 saturated heterocycles. The highest BCUT2D eigenvalue weighted by Gasteiger charge is 2.46. The molecular weight excluding hydrogens is 420 g/mol. The van der Waals surface area contributed by atoms with E-state index in [1.54, 1.807) is 29.9 Å². The van der Waals surface area contributed by atoms with Crippen LogP contribution in [0.5, 0.6) is 0 Å². The van der Waals surface area contributed by atoms with E-state index in [2.05, 4.69) is 39.8 Å². The highest BCUT2D eigenvalue weighted by molar-refractivity contribution is 7.11. The number of pyridine rings is 1. The van der Waals surface area contributed by atoms with Gasteiger partial charge in [-0.1, -0.05) is 19.9 Å². The molecular formula is C24H28N6OS. The zero-order valence-electron chi connectivity index (χ0n) is 18.6. The second-order valence-electron chi connectivity index (χ2n) is 9.15. The van der Waals surface area contributed by atoms with Crippen molar-refractivity contribution >= 4 is 17.2 Å². The molecule has 1 fully saturated rings. The SMILES string of the molecule is CC(C)c1nc2c(s1)CN(C(=O)c1cnccn1)CC21CCN(Cc2cccnc2)CC1. The average Bonchev–Trinajstić information content (AvgIpc) is 3.27. The summed E-state index contributed by atoms with van der Waals surface area (Å²) in [6, 6.07) is 4.12. The number of rotatable bonds is 4. The molecule has 3 aromatic rings. The number of carbonyl (C=O) groups excluding carboxylic acids is 1. The molecule has 32 heavy (non-hydrogen) atoms. The van der Waals surface area contributed by atoms with Gasteiger partial charge >= 0.3 is 0 Å². The molecule has 0 aliphatic carbocycles. The smallest absolute Gasteiger partial charge is 0.274 e. The maximum Gasteiger partial charge on any atom is 0.274 e. The third kappa shape index (κ3) is 4.04. The normalized spacial score (nSPS) is 18.2. The lowest BCUT2D eigenvalue weighted by molar-refractivity contribution is 0.0564. The summed E-state index contributed by atoms with van der Waals surface area (Å²) in [6.45, 7) is 8.55. The van der Waals surface area contributed by atoms with Gasteiger partial charge in [0.25, 0.3) is 5.91 Å². The highest BCUT2D eigenvalue weighted by atomic mass is 32.1. The summed E-state index contributed by atoms with van der Waals surface area (Å²) in [7, 11) is 0. The third-order valence-corrected chi connectivity index (χ3v) is 7.89. The van der Waals surface area contributed by atoms with Crippen LogP contribution in [0.2, 0.25) is 0 Å². The van der Waals surface area contributed by atoms with Crippen molar-refractivity contribution in [3.8, 4) is 0 Å². The molecule has 0 radical (unpaired) electrons. The van der Waals surface area contributed by atoms with E-state index in [0.29, 0.717) is 24.7 Å². The van der Waals surface area contributed by atoms with E-state index >= 15 is 0 Å². The van der Waals surface area contributed by atoms with Crippen molar-refractivity contribution in [3.05, 3.63) is 70.0 Å². The van der Waals surface area contributed by atoms with Crippen LogP contribution in [-0.2, 0) is 18.5 Å². The van der Waals surface area contributed by atoms with E-state index in [9.17, 15) is 4.79 Å². The van der Waals surface area contributed by atoms with Gasteiger partial charge in [0.2, 0.25) is 0 Å². The van der Waals surface area contributed by atoms with Crippen LogP contribution >= 0.6 is 11.3 Å². The van der Waals surface area contributed by atoms with Crippen molar-refractivity contribution in [1.82, 2.24) is 29.7 Å². The fourth-order valence-electron chi connectivity index (χ4n) is 4.81. The monoisotopic (exact) mass is 448 g/mol. The maximum atomic E-state index is 13.3. The van der Waals surface area contributed by atoms with Crippen molar-refractivity contribution in [2.24, 2.45) is 0 Å². The number of hydrogen-bond donors (Lipinski definition) is 0. The summed E-state index contributed by atoms with van der Waals surface area (Å²) in [5.41, 5.74) is 2.78. The molecule has 0 saturated carbocycles. The van der Waals surface area contributed by atoms with Crippen molar-refractivity contribution in [3.63, 3.8) is 0 Å². The largest absolute Gasteiger partial charge is 0.331 e. The Morgan fingerprint density at radius 1 is 1.16 bits per heavy atom. The number of aromatic nitrogens is 4. The minimum atomic E-state index is -0.0967. The van der Waals surface area contributed by atoms with Crippen LogP contribution in [0.1, 0.15) is 64.2 Å². The Morgan fingerprint density at radius 2 is 1.97 bits per heavy atom. The van der Waals surface area contributed by atoms with Crippen LogP contribution in [0, 0.1) is 0 Å². The van der Waals surface area contributed by atoms with Crippen LogP contribution < -0.4 is 0 Å². The standard InChI is InChI=1S/C24H28N6OS/c1-17(2)22-28-21-20(32-22)15-30(23(31)19-13-26-8-9-27-19)16-24(21)5-10-29(11-6-24)14-18-4-3-7-25-12-18/h3-4,7-9,12-13,17H,5-6,10-11,14-16H2,1-2H3. The Bertz CT molecular complexity index is 1080. The Morgan fingerprint density at radius 3 is 2.66 bits per heavy atom. The number of hydrogen-bond acceptors (Lipinski definition) is 7. The lowest BCUT2D eigenvalue weighted by Gasteiger charge is -2.46. The van der Waals surface area contributed by atoms with Gasteiger partial charge in [-0.05, 0) is 37.6 Å². The summed E-state index contributed by atoms with van der Waals surface area (Å²) < 4.78 is 0. The van der Waals surface area contributed by atoms with Crippen molar-refractivity contribution in [2.75, 3.05) is 19.6 Å². The minimum absolute atomic E-state index is 0.0413. The first-order valence-electron chi connectivity index (χ1n) is 11.2. The van der Waals surface area contributed by atoms with Crippen LogP contribution in [0.25, 0.3) is 0 Å². The van der Waals surface area contributed by atoms with Crippen molar-refractivity contribution < 1.29 is 4.79 Å². The van der Waals surface area contributed by atoms with Gasteiger partial charge in [-0.3, -0.25) is 19.7 Å². The lowest BCUT2D eigenvalue weighted by Crippen LogP contribution is -2.53. The second-order valence-corrected chi connectivity index (χ2v) is 10.3. The molecule has 1 amide bonds. The van der Waals surface area contributed by atoms with Gasteiger partial charge in [-0.2, -0.15) is 0 Å². The Kier molecular flexibility index (Phi) is 5.73. The molecule has 0 aromatic carbocycles. The number of piperidine rings is 1. The molecule has 5 rings (SSSR count). The quantitative estimate of drug-likeness (QED) is 0.607. The van der Waals surface area contributed by atoms with Crippen LogP contribution in [-0.4, -0.2) is 55.3 Å². The van der Waals surface area contributed by atoms with Gasteiger partial charge in [0.15, 0.2) is 0 Å². The van der Waals surface area contributed by atoms with Crippen LogP contribution in [0.4, 0.5) is 0 Å². The van der Waals surface area contributed by atoms with Gasteiger partial charge in [0.05, 0.1) is 23.4 Å². The number of thiazole rings is 1. The summed E-state index contributed by atoms with van der Waals surface area (Å²) in [6.07, 6.45) is 10.5.